The molecule has 0 radical (unpaired) electrons. The summed E-state index contributed by atoms with van der Waals surface area (Å²) in [7, 11) is 0. The Kier molecular flexibility index (Phi) is 9.36. The highest BCUT2D eigenvalue weighted by atomic mass is 79.9. The van der Waals surface area contributed by atoms with Crippen molar-refractivity contribution in [2.24, 2.45) is 0 Å². The van der Waals surface area contributed by atoms with Gasteiger partial charge in [0.15, 0.2) is 11.4 Å². The number of hydrogen-bond acceptors (Lipinski definition) is 8. The van der Waals surface area contributed by atoms with Crippen LogP contribution in [-0.4, -0.2) is 58.1 Å². The van der Waals surface area contributed by atoms with E-state index in [1.54, 1.807) is 47.4 Å². The van der Waals surface area contributed by atoms with E-state index >= 15 is 0 Å². The number of ether oxygens (including phenoxy) is 2. The molecule has 6 rings (SSSR count). The molecule has 2 aromatic heterocycles. The first kappa shape index (κ1) is 30.9. The van der Waals surface area contributed by atoms with E-state index in [-0.39, 0.29) is 17.9 Å². The van der Waals surface area contributed by atoms with E-state index in [9.17, 15) is 9.59 Å². The molecule has 3 aromatic carbocycles. The van der Waals surface area contributed by atoms with Gasteiger partial charge in [0.05, 0.1) is 24.3 Å². The minimum atomic E-state index is -0.284. The normalized spacial score (nSPS) is 13.0. The topological polar surface area (TPSA) is 131 Å². The zero-order valence-corrected chi connectivity index (χ0v) is 26.9. The van der Waals surface area contributed by atoms with E-state index in [4.69, 9.17) is 14.5 Å². The number of halogens is 1. The average Bonchev–Trinajstić information content (AvgIpc) is 3.07. The summed E-state index contributed by atoms with van der Waals surface area (Å²) in [6.07, 6.45) is 1.45. The third-order valence-electron chi connectivity index (χ3n) is 7.34. The molecule has 0 atom stereocenters. The Morgan fingerprint density at radius 1 is 0.891 bits per heavy atom. The Labute approximate surface area is 274 Å². The predicted octanol–water partition coefficient (Wildman–Crippen LogP) is 7.56. The van der Waals surface area contributed by atoms with Crippen LogP contribution in [0.1, 0.15) is 35.8 Å². The molecule has 11 nitrogen and oxygen atoms in total. The van der Waals surface area contributed by atoms with Gasteiger partial charge in [-0.1, -0.05) is 29.8 Å². The summed E-state index contributed by atoms with van der Waals surface area (Å²) in [5.74, 6) is 1.48. The number of anilines is 4. The molecule has 3 N–H and O–H groups in total. The molecular formula is C34H32BrN7O4. The number of pyridine rings is 1. The Bertz CT molecular complexity index is 1860. The standard InChI is InChI=1S/C34H32BrN7O4/c1-21(2)28-13-12-27-31(40-28)36-20-37-32(27)41-29-19-22(33(43)38-24-6-4-23(35)5-7-24)3-14-30(29)46-26-10-8-25(9-11-26)39-34(44)42-15-17-45-18-16-42/h3-14,19-21H,15-18H2,1-2H3,(H,38,43)(H,39,44)(H,36,37,40,41). The van der Waals surface area contributed by atoms with Crippen molar-refractivity contribution in [3.05, 3.63) is 101 Å². The number of rotatable bonds is 8. The molecule has 234 valence electrons. The zero-order chi connectivity index (χ0) is 32.0. The Balaban J connectivity index is 1.27. The fourth-order valence-electron chi connectivity index (χ4n) is 4.80. The molecule has 0 bridgehead atoms. The van der Waals surface area contributed by atoms with Gasteiger partial charge in [0.25, 0.3) is 5.91 Å². The van der Waals surface area contributed by atoms with Gasteiger partial charge in [0.2, 0.25) is 0 Å². The molecule has 46 heavy (non-hydrogen) atoms. The average molecular weight is 683 g/mol. The second-order valence-corrected chi connectivity index (χ2v) is 11.9. The van der Waals surface area contributed by atoms with Crippen LogP contribution in [0.4, 0.5) is 27.7 Å². The summed E-state index contributed by atoms with van der Waals surface area (Å²) >= 11 is 3.42. The predicted molar refractivity (Wildman–Crippen MR) is 181 cm³/mol. The molecule has 12 heteroatoms. The Hall–Kier alpha value is -5.07. The maximum Gasteiger partial charge on any atom is 0.321 e. The van der Waals surface area contributed by atoms with Gasteiger partial charge in [-0.25, -0.2) is 19.7 Å². The molecule has 0 aliphatic carbocycles. The number of morpholine rings is 1. The van der Waals surface area contributed by atoms with Gasteiger partial charge in [0.1, 0.15) is 17.9 Å². The minimum Gasteiger partial charge on any atom is -0.455 e. The lowest BCUT2D eigenvalue weighted by Gasteiger charge is -2.26. The second-order valence-electron chi connectivity index (χ2n) is 10.9. The highest BCUT2D eigenvalue weighted by molar-refractivity contribution is 9.10. The van der Waals surface area contributed by atoms with Crippen molar-refractivity contribution in [1.82, 2.24) is 19.9 Å². The SMILES string of the molecule is CC(C)c1ccc2c(Nc3cc(C(=O)Nc4ccc(Br)cc4)ccc3Oc3ccc(NC(=O)N4CCOCC4)cc3)ncnc2n1. The number of nitrogens with zero attached hydrogens (tertiary/aromatic N) is 4. The lowest BCUT2D eigenvalue weighted by Crippen LogP contribution is -2.43. The van der Waals surface area contributed by atoms with Gasteiger partial charge >= 0.3 is 6.03 Å². The molecule has 1 fully saturated rings. The van der Waals surface area contributed by atoms with Crippen LogP contribution in [0.15, 0.2) is 89.7 Å². The van der Waals surface area contributed by atoms with Crippen molar-refractivity contribution in [3.63, 3.8) is 0 Å². The quantitative estimate of drug-likeness (QED) is 0.153. The molecule has 1 aliphatic heterocycles. The first-order valence-electron chi connectivity index (χ1n) is 14.8. The summed E-state index contributed by atoms with van der Waals surface area (Å²) in [5, 5.41) is 9.92. The molecule has 1 saturated heterocycles. The monoisotopic (exact) mass is 681 g/mol. The van der Waals surface area contributed by atoms with Crippen molar-refractivity contribution in [1.29, 1.82) is 0 Å². The van der Waals surface area contributed by atoms with Crippen molar-refractivity contribution >= 4 is 61.8 Å². The van der Waals surface area contributed by atoms with Crippen molar-refractivity contribution in [2.75, 3.05) is 42.3 Å². The molecule has 0 unspecified atom stereocenters. The van der Waals surface area contributed by atoms with Gasteiger partial charge in [-0.05, 0) is 84.8 Å². The van der Waals surface area contributed by atoms with Gasteiger partial charge in [0, 0.05) is 40.2 Å². The van der Waals surface area contributed by atoms with Crippen LogP contribution >= 0.6 is 15.9 Å². The molecule has 0 spiro atoms. The highest BCUT2D eigenvalue weighted by Gasteiger charge is 2.18. The number of aromatic nitrogens is 3. The van der Waals surface area contributed by atoms with Gasteiger partial charge in [-0.3, -0.25) is 4.79 Å². The van der Waals surface area contributed by atoms with Gasteiger partial charge in [-0.15, -0.1) is 0 Å². The van der Waals surface area contributed by atoms with E-state index in [2.05, 4.69) is 55.7 Å². The maximum atomic E-state index is 13.3. The largest absolute Gasteiger partial charge is 0.455 e. The van der Waals surface area contributed by atoms with E-state index in [0.29, 0.717) is 71.9 Å². The van der Waals surface area contributed by atoms with Crippen molar-refractivity contribution in [2.45, 2.75) is 19.8 Å². The summed E-state index contributed by atoms with van der Waals surface area (Å²) < 4.78 is 12.5. The van der Waals surface area contributed by atoms with E-state index in [1.807, 2.05) is 36.4 Å². The number of urea groups is 1. The molecule has 1 aliphatic rings. The third-order valence-corrected chi connectivity index (χ3v) is 7.87. The number of nitrogens with one attached hydrogen (secondary N) is 3. The van der Waals surface area contributed by atoms with Crippen LogP contribution in [0.2, 0.25) is 0 Å². The van der Waals surface area contributed by atoms with Crippen LogP contribution in [0.25, 0.3) is 11.0 Å². The van der Waals surface area contributed by atoms with Crippen LogP contribution in [0, 0.1) is 0 Å². The number of amides is 3. The molecular weight excluding hydrogens is 650 g/mol. The summed E-state index contributed by atoms with van der Waals surface area (Å²) in [6.45, 7) is 6.32. The van der Waals surface area contributed by atoms with Gasteiger partial charge < -0.3 is 30.3 Å². The Morgan fingerprint density at radius 3 is 2.35 bits per heavy atom. The Morgan fingerprint density at radius 2 is 1.61 bits per heavy atom. The lowest BCUT2D eigenvalue weighted by atomic mass is 10.1. The number of hydrogen-bond donors (Lipinski definition) is 3. The van der Waals surface area contributed by atoms with Crippen LogP contribution in [-0.2, 0) is 4.74 Å². The van der Waals surface area contributed by atoms with Crippen LogP contribution in [0.5, 0.6) is 11.5 Å². The fraction of sp³-hybridized carbons (Fsp3) is 0.206. The number of carbonyl (C=O) groups is 2. The van der Waals surface area contributed by atoms with Crippen molar-refractivity contribution in [3.8, 4) is 11.5 Å². The van der Waals surface area contributed by atoms with Gasteiger partial charge in [-0.2, -0.15) is 0 Å². The van der Waals surface area contributed by atoms with E-state index in [0.717, 1.165) is 15.6 Å². The van der Waals surface area contributed by atoms with Crippen LogP contribution in [0.3, 0.4) is 0 Å². The maximum absolute atomic E-state index is 13.3. The summed E-state index contributed by atoms with van der Waals surface area (Å²) in [6, 6.07) is 23.3. The minimum absolute atomic E-state index is 0.174. The van der Waals surface area contributed by atoms with E-state index < -0.39 is 0 Å². The van der Waals surface area contributed by atoms with E-state index in [1.165, 1.54) is 6.33 Å². The first-order chi connectivity index (χ1) is 22.3. The van der Waals surface area contributed by atoms with Crippen LogP contribution < -0.4 is 20.7 Å². The molecule has 3 heterocycles. The third kappa shape index (κ3) is 7.41. The second kappa shape index (κ2) is 13.9. The first-order valence-corrected chi connectivity index (χ1v) is 15.6. The van der Waals surface area contributed by atoms with Crippen molar-refractivity contribution < 1.29 is 19.1 Å². The molecule has 5 aromatic rings. The summed E-state index contributed by atoms with van der Waals surface area (Å²) in [5.41, 5.74) is 3.72. The molecule has 3 amide bonds. The zero-order valence-electron chi connectivity index (χ0n) is 25.3. The highest BCUT2D eigenvalue weighted by Crippen LogP contribution is 2.35. The summed E-state index contributed by atoms with van der Waals surface area (Å²) in [4.78, 5) is 41.1. The number of carbonyl (C=O) groups excluding carboxylic acids is 2. The molecule has 0 saturated carbocycles. The number of fused-ring (bicyclic) bond motifs is 1. The number of benzene rings is 3. The lowest BCUT2D eigenvalue weighted by molar-refractivity contribution is 0.0564. The fourth-order valence-corrected chi connectivity index (χ4v) is 5.07. The smallest absolute Gasteiger partial charge is 0.321 e.